The summed E-state index contributed by atoms with van der Waals surface area (Å²) in [5, 5.41) is 3.24. The first-order valence-corrected chi connectivity index (χ1v) is 7.28. The lowest BCUT2D eigenvalue weighted by Crippen LogP contribution is -2.43. The van der Waals surface area contributed by atoms with Crippen LogP contribution in [0.25, 0.3) is 11.3 Å². The van der Waals surface area contributed by atoms with Gasteiger partial charge in [-0.3, -0.25) is 0 Å². The van der Waals surface area contributed by atoms with Gasteiger partial charge in [0, 0.05) is 10.9 Å². The number of hydrogen-bond acceptors (Lipinski definition) is 3. The average Bonchev–Trinajstić information content (AvgIpc) is 2.74. The predicted molar refractivity (Wildman–Crippen MR) is 76.7 cm³/mol. The standard InChI is InChI=1S/C15H18N2S/c1-10-6-11(2)8-12(7-10)13-9-18-14(17-13)15(16)4-3-5-15/h6-9H,3-5,16H2,1-2H3. The van der Waals surface area contributed by atoms with E-state index in [1.165, 1.54) is 23.1 Å². The molecule has 0 unspecified atom stereocenters. The fourth-order valence-corrected chi connectivity index (χ4v) is 3.53. The molecular weight excluding hydrogens is 240 g/mol. The van der Waals surface area contributed by atoms with Crippen molar-refractivity contribution in [1.29, 1.82) is 0 Å². The van der Waals surface area contributed by atoms with Gasteiger partial charge in [-0.1, -0.05) is 17.2 Å². The van der Waals surface area contributed by atoms with Crippen molar-refractivity contribution in [2.24, 2.45) is 5.73 Å². The molecule has 1 aliphatic rings. The average molecular weight is 258 g/mol. The molecule has 18 heavy (non-hydrogen) atoms. The summed E-state index contributed by atoms with van der Waals surface area (Å²) >= 11 is 1.70. The SMILES string of the molecule is Cc1cc(C)cc(-c2csc(C3(N)CCC3)n2)c1. The van der Waals surface area contributed by atoms with Gasteiger partial charge in [-0.05, 0) is 45.2 Å². The van der Waals surface area contributed by atoms with E-state index >= 15 is 0 Å². The number of aromatic nitrogens is 1. The van der Waals surface area contributed by atoms with Crippen LogP contribution in [0.5, 0.6) is 0 Å². The number of aryl methyl sites for hydroxylation is 2. The van der Waals surface area contributed by atoms with Gasteiger partial charge in [0.05, 0.1) is 11.2 Å². The van der Waals surface area contributed by atoms with Crippen LogP contribution in [0.2, 0.25) is 0 Å². The van der Waals surface area contributed by atoms with Gasteiger partial charge < -0.3 is 5.73 Å². The molecule has 2 nitrogen and oxygen atoms in total. The quantitative estimate of drug-likeness (QED) is 0.890. The van der Waals surface area contributed by atoms with Gasteiger partial charge in [-0.15, -0.1) is 11.3 Å². The van der Waals surface area contributed by atoms with Crippen molar-refractivity contribution in [3.63, 3.8) is 0 Å². The molecule has 1 aromatic carbocycles. The molecule has 2 aromatic rings. The van der Waals surface area contributed by atoms with Crippen LogP contribution in [-0.2, 0) is 5.54 Å². The van der Waals surface area contributed by atoms with Gasteiger partial charge in [0.25, 0.3) is 0 Å². The van der Waals surface area contributed by atoms with Crippen molar-refractivity contribution in [1.82, 2.24) is 4.98 Å². The van der Waals surface area contributed by atoms with Gasteiger partial charge in [0.15, 0.2) is 0 Å². The molecule has 94 valence electrons. The Hall–Kier alpha value is -1.19. The topological polar surface area (TPSA) is 38.9 Å². The van der Waals surface area contributed by atoms with Crippen LogP contribution in [-0.4, -0.2) is 4.98 Å². The zero-order chi connectivity index (χ0) is 12.8. The Kier molecular flexibility index (Phi) is 2.76. The Labute approximate surface area is 112 Å². The van der Waals surface area contributed by atoms with Crippen LogP contribution in [0.4, 0.5) is 0 Å². The van der Waals surface area contributed by atoms with Gasteiger partial charge >= 0.3 is 0 Å². The number of benzene rings is 1. The van der Waals surface area contributed by atoms with Crippen LogP contribution in [0, 0.1) is 13.8 Å². The van der Waals surface area contributed by atoms with Gasteiger partial charge in [0.2, 0.25) is 0 Å². The molecule has 1 aromatic heterocycles. The number of thiazole rings is 1. The van der Waals surface area contributed by atoms with E-state index in [1.807, 2.05) is 0 Å². The highest BCUT2D eigenvalue weighted by molar-refractivity contribution is 7.10. The predicted octanol–water partition coefficient (Wildman–Crippen LogP) is 3.76. The molecule has 2 N–H and O–H groups in total. The summed E-state index contributed by atoms with van der Waals surface area (Å²) in [4.78, 5) is 4.75. The lowest BCUT2D eigenvalue weighted by molar-refractivity contribution is 0.253. The lowest BCUT2D eigenvalue weighted by Gasteiger charge is -2.35. The van der Waals surface area contributed by atoms with E-state index in [9.17, 15) is 0 Å². The lowest BCUT2D eigenvalue weighted by atomic mass is 9.78. The van der Waals surface area contributed by atoms with Crippen LogP contribution in [0.15, 0.2) is 23.6 Å². The second kappa shape index (κ2) is 4.18. The van der Waals surface area contributed by atoms with E-state index in [1.54, 1.807) is 11.3 Å². The third kappa shape index (κ3) is 1.98. The Morgan fingerprint density at radius 3 is 2.39 bits per heavy atom. The first-order chi connectivity index (χ1) is 8.57. The van der Waals surface area contributed by atoms with Crippen molar-refractivity contribution in [2.45, 2.75) is 38.6 Å². The van der Waals surface area contributed by atoms with Crippen LogP contribution < -0.4 is 5.73 Å². The summed E-state index contributed by atoms with van der Waals surface area (Å²) in [7, 11) is 0. The molecule has 3 heteroatoms. The molecule has 1 fully saturated rings. The second-order valence-electron chi connectivity index (χ2n) is 5.42. The zero-order valence-electron chi connectivity index (χ0n) is 10.9. The monoisotopic (exact) mass is 258 g/mol. The fourth-order valence-electron chi connectivity index (χ4n) is 2.53. The molecule has 1 heterocycles. The highest BCUT2D eigenvalue weighted by Crippen LogP contribution is 2.41. The minimum atomic E-state index is -0.137. The molecule has 1 aliphatic carbocycles. The van der Waals surface area contributed by atoms with Crippen molar-refractivity contribution >= 4 is 11.3 Å². The summed E-state index contributed by atoms with van der Waals surface area (Å²) < 4.78 is 0. The highest BCUT2D eigenvalue weighted by atomic mass is 32.1. The summed E-state index contributed by atoms with van der Waals surface area (Å²) in [6.45, 7) is 4.25. The van der Waals surface area contributed by atoms with Gasteiger partial charge in [0.1, 0.15) is 5.01 Å². The molecule has 1 saturated carbocycles. The van der Waals surface area contributed by atoms with Crippen molar-refractivity contribution in [2.75, 3.05) is 0 Å². The Balaban J connectivity index is 1.97. The van der Waals surface area contributed by atoms with Crippen molar-refractivity contribution in [3.8, 4) is 11.3 Å². The molecule has 0 aliphatic heterocycles. The third-order valence-corrected chi connectivity index (χ3v) is 4.76. The van der Waals surface area contributed by atoms with E-state index in [0.29, 0.717) is 0 Å². The normalized spacial score (nSPS) is 17.5. The van der Waals surface area contributed by atoms with Crippen LogP contribution in [0.3, 0.4) is 0 Å². The highest BCUT2D eigenvalue weighted by Gasteiger charge is 2.37. The summed E-state index contributed by atoms with van der Waals surface area (Å²) in [5.41, 5.74) is 11.0. The summed E-state index contributed by atoms with van der Waals surface area (Å²) in [6, 6.07) is 6.57. The van der Waals surface area contributed by atoms with E-state index in [4.69, 9.17) is 10.7 Å². The molecule has 0 radical (unpaired) electrons. The smallest absolute Gasteiger partial charge is 0.113 e. The minimum Gasteiger partial charge on any atom is -0.319 e. The van der Waals surface area contributed by atoms with Crippen LogP contribution in [0.1, 0.15) is 35.4 Å². The molecule has 0 spiro atoms. The maximum absolute atomic E-state index is 6.32. The Morgan fingerprint density at radius 1 is 1.17 bits per heavy atom. The first-order valence-electron chi connectivity index (χ1n) is 6.40. The second-order valence-corrected chi connectivity index (χ2v) is 6.28. The maximum atomic E-state index is 6.32. The fraction of sp³-hybridized carbons (Fsp3) is 0.400. The minimum absolute atomic E-state index is 0.137. The summed E-state index contributed by atoms with van der Waals surface area (Å²) in [5.74, 6) is 0. The number of nitrogens with zero attached hydrogens (tertiary/aromatic N) is 1. The molecule has 0 bridgehead atoms. The van der Waals surface area contributed by atoms with E-state index < -0.39 is 0 Å². The van der Waals surface area contributed by atoms with E-state index in [0.717, 1.165) is 23.5 Å². The molecule has 3 rings (SSSR count). The van der Waals surface area contributed by atoms with E-state index in [-0.39, 0.29) is 5.54 Å². The Bertz CT molecular complexity index is 562. The van der Waals surface area contributed by atoms with Crippen LogP contribution >= 0.6 is 11.3 Å². The maximum Gasteiger partial charge on any atom is 0.113 e. The number of rotatable bonds is 2. The largest absolute Gasteiger partial charge is 0.319 e. The molecule has 0 amide bonds. The van der Waals surface area contributed by atoms with Crippen molar-refractivity contribution in [3.05, 3.63) is 39.7 Å². The number of hydrogen-bond donors (Lipinski definition) is 1. The molecule has 0 saturated heterocycles. The van der Waals surface area contributed by atoms with Gasteiger partial charge in [-0.25, -0.2) is 4.98 Å². The first kappa shape index (κ1) is 11.9. The van der Waals surface area contributed by atoms with Crippen molar-refractivity contribution < 1.29 is 0 Å². The Morgan fingerprint density at radius 2 is 1.83 bits per heavy atom. The molecular formula is C15H18N2S. The third-order valence-electron chi connectivity index (χ3n) is 3.69. The zero-order valence-corrected chi connectivity index (χ0v) is 11.7. The summed E-state index contributed by atoms with van der Waals surface area (Å²) in [6.07, 6.45) is 3.38. The molecule has 0 atom stereocenters. The van der Waals surface area contributed by atoms with E-state index in [2.05, 4.69) is 37.4 Å². The van der Waals surface area contributed by atoms with Gasteiger partial charge in [-0.2, -0.15) is 0 Å². The number of nitrogens with two attached hydrogens (primary N) is 1.